The van der Waals surface area contributed by atoms with E-state index in [9.17, 15) is 0 Å². The molecule has 4 rings (SSSR count). The maximum atomic E-state index is 6.08. The Morgan fingerprint density at radius 1 is 1.00 bits per heavy atom. The molecule has 3 nitrogen and oxygen atoms in total. The van der Waals surface area contributed by atoms with Crippen LogP contribution in [-0.2, 0) is 24.1 Å². The Balaban J connectivity index is 1.32. The molecule has 0 aromatic heterocycles. The van der Waals surface area contributed by atoms with Gasteiger partial charge in [0.05, 0.1) is 5.71 Å². The summed E-state index contributed by atoms with van der Waals surface area (Å²) in [5.41, 5.74) is 12.9. The predicted octanol–water partition coefficient (Wildman–Crippen LogP) is 4.39. The Kier molecular flexibility index (Phi) is 5.35. The Bertz CT molecular complexity index is 769. The number of hydrogen-bond acceptors (Lipinski definition) is 3. The topological polar surface area (TPSA) is 47.6 Å². The Morgan fingerprint density at radius 3 is 2.69 bits per heavy atom. The smallest absolute Gasteiger partial charge is 0.121 e. The second-order valence-electron chi connectivity index (χ2n) is 7.70. The van der Waals surface area contributed by atoms with E-state index < -0.39 is 0 Å². The van der Waals surface area contributed by atoms with Crippen molar-refractivity contribution in [2.24, 2.45) is 10.9 Å². The van der Waals surface area contributed by atoms with E-state index in [0.29, 0.717) is 18.6 Å². The van der Waals surface area contributed by atoms with Gasteiger partial charge in [0.15, 0.2) is 0 Å². The Labute approximate surface area is 156 Å². The van der Waals surface area contributed by atoms with E-state index in [-0.39, 0.29) is 0 Å². The molecule has 2 aromatic rings. The molecule has 0 amide bonds. The molecule has 0 bridgehead atoms. The van der Waals surface area contributed by atoms with Crippen LogP contribution in [0.25, 0.3) is 0 Å². The molecule has 2 aromatic carbocycles. The lowest BCUT2D eigenvalue weighted by Gasteiger charge is -2.20. The second-order valence-corrected chi connectivity index (χ2v) is 7.70. The van der Waals surface area contributed by atoms with Crippen LogP contribution in [0.2, 0.25) is 0 Å². The highest BCUT2D eigenvalue weighted by molar-refractivity contribution is 5.88. The van der Waals surface area contributed by atoms with Gasteiger partial charge in [0, 0.05) is 18.9 Å². The van der Waals surface area contributed by atoms with Crippen molar-refractivity contribution in [2.75, 3.05) is 6.61 Å². The number of benzene rings is 2. The highest BCUT2D eigenvalue weighted by Crippen LogP contribution is 2.35. The first-order chi connectivity index (χ1) is 12.8. The summed E-state index contributed by atoms with van der Waals surface area (Å²) in [4.78, 5) is 5.58. The van der Waals surface area contributed by atoms with Crippen molar-refractivity contribution in [3.63, 3.8) is 0 Å². The number of fused-ring (bicyclic) bond motifs is 1. The lowest BCUT2D eigenvalue weighted by molar-refractivity contribution is 0.146. The molecule has 0 radical (unpaired) electrons. The van der Waals surface area contributed by atoms with Gasteiger partial charge in [0.2, 0.25) is 0 Å². The molecule has 2 unspecified atom stereocenters. The monoisotopic (exact) mass is 348 g/mol. The van der Waals surface area contributed by atoms with Crippen LogP contribution in [0.1, 0.15) is 53.9 Å². The number of nitrogens with zero attached hydrogens (tertiary/aromatic N) is 1. The quantitative estimate of drug-likeness (QED) is 0.644. The molecule has 1 saturated carbocycles. The molecule has 26 heavy (non-hydrogen) atoms. The van der Waals surface area contributed by atoms with E-state index in [1.165, 1.54) is 40.8 Å². The van der Waals surface area contributed by atoms with Crippen LogP contribution in [0.15, 0.2) is 53.7 Å². The third kappa shape index (κ3) is 4.16. The van der Waals surface area contributed by atoms with Gasteiger partial charge in [-0.1, -0.05) is 53.7 Å². The van der Waals surface area contributed by atoms with E-state index in [1.54, 1.807) is 0 Å². The number of oxime groups is 1. The summed E-state index contributed by atoms with van der Waals surface area (Å²) in [5.74, 6) is 0.659. The normalized spacial score (nSPS) is 23.8. The van der Waals surface area contributed by atoms with Gasteiger partial charge >= 0.3 is 0 Å². The zero-order valence-electron chi connectivity index (χ0n) is 15.4. The van der Waals surface area contributed by atoms with Gasteiger partial charge in [0.1, 0.15) is 6.61 Å². The summed E-state index contributed by atoms with van der Waals surface area (Å²) in [7, 11) is 0. The third-order valence-electron chi connectivity index (χ3n) is 5.77. The van der Waals surface area contributed by atoms with Gasteiger partial charge in [-0.15, -0.1) is 0 Å². The van der Waals surface area contributed by atoms with Gasteiger partial charge in [0.25, 0.3) is 0 Å². The zero-order chi connectivity index (χ0) is 17.8. The number of aryl methyl sites for hydroxylation is 1. The van der Waals surface area contributed by atoms with Crippen molar-refractivity contribution in [2.45, 2.75) is 56.9 Å². The predicted molar refractivity (Wildman–Crippen MR) is 107 cm³/mol. The third-order valence-corrected chi connectivity index (χ3v) is 5.77. The average molecular weight is 348 g/mol. The molecule has 2 N–H and O–H groups in total. The van der Waals surface area contributed by atoms with E-state index in [0.717, 1.165) is 32.1 Å². The standard InChI is InChI=1S/C23H28N2O/c24-22-10-8-20(15-22)18-6-7-21-16-23(11-9-19(21)14-18)25-26-13-12-17-4-2-1-3-5-17/h1-7,14,20,22H,8-13,15-16,24H2/b25-23-. The molecule has 136 valence electrons. The average Bonchev–Trinajstić information content (AvgIpc) is 3.12. The fourth-order valence-electron chi connectivity index (χ4n) is 4.23. The fraction of sp³-hybridized carbons (Fsp3) is 0.435. The molecule has 2 aliphatic rings. The number of nitrogens with two attached hydrogens (primary N) is 1. The van der Waals surface area contributed by atoms with Crippen LogP contribution in [0.4, 0.5) is 0 Å². The van der Waals surface area contributed by atoms with E-state index >= 15 is 0 Å². The maximum absolute atomic E-state index is 6.08. The summed E-state index contributed by atoms with van der Waals surface area (Å²) in [5, 5.41) is 4.41. The van der Waals surface area contributed by atoms with Crippen LogP contribution in [0, 0.1) is 0 Å². The molecule has 0 spiro atoms. The first kappa shape index (κ1) is 17.3. The van der Waals surface area contributed by atoms with Crippen molar-refractivity contribution in [1.29, 1.82) is 0 Å². The van der Waals surface area contributed by atoms with Crippen molar-refractivity contribution in [1.82, 2.24) is 0 Å². The lowest BCUT2D eigenvalue weighted by atomic mass is 9.86. The minimum absolute atomic E-state index is 0.391. The molecule has 0 aliphatic heterocycles. The van der Waals surface area contributed by atoms with Crippen molar-refractivity contribution < 1.29 is 4.84 Å². The first-order valence-electron chi connectivity index (χ1n) is 9.87. The van der Waals surface area contributed by atoms with Gasteiger partial charge in [-0.25, -0.2) is 0 Å². The van der Waals surface area contributed by atoms with Crippen molar-refractivity contribution in [3.8, 4) is 0 Å². The molecule has 0 heterocycles. The van der Waals surface area contributed by atoms with Gasteiger partial charge in [-0.05, 0) is 60.3 Å². The molecular formula is C23H28N2O. The van der Waals surface area contributed by atoms with Crippen LogP contribution < -0.4 is 5.73 Å². The summed E-state index contributed by atoms with van der Waals surface area (Å²) in [6.07, 6.45) is 7.45. The van der Waals surface area contributed by atoms with Gasteiger partial charge < -0.3 is 10.6 Å². The Morgan fingerprint density at radius 2 is 1.88 bits per heavy atom. The number of hydrogen-bond donors (Lipinski definition) is 1. The summed E-state index contributed by atoms with van der Waals surface area (Å²) in [6, 6.07) is 17.8. The van der Waals surface area contributed by atoms with Crippen LogP contribution >= 0.6 is 0 Å². The summed E-state index contributed by atoms with van der Waals surface area (Å²) >= 11 is 0. The molecule has 3 heteroatoms. The Hall–Kier alpha value is -2.13. The van der Waals surface area contributed by atoms with Gasteiger partial charge in [-0.2, -0.15) is 0 Å². The lowest BCUT2D eigenvalue weighted by Crippen LogP contribution is -2.16. The second kappa shape index (κ2) is 8.05. The van der Waals surface area contributed by atoms with Crippen LogP contribution in [0.3, 0.4) is 0 Å². The van der Waals surface area contributed by atoms with Crippen LogP contribution in [-0.4, -0.2) is 18.4 Å². The number of rotatable bonds is 5. The first-order valence-corrected chi connectivity index (χ1v) is 9.87. The fourth-order valence-corrected chi connectivity index (χ4v) is 4.23. The molecule has 2 atom stereocenters. The summed E-state index contributed by atoms with van der Waals surface area (Å²) < 4.78 is 0. The molecule has 1 fully saturated rings. The summed E-state index contributed by atoms with van der Waals surface area (Å²) in [6.45, 7) is 0.640. The molecule has 2 aliphatic carbocycles. The van der Waals surface area contributed by atoms with Crippen LogP contribution in [0.5, 0.6) is 0 Å². The van der Waals surface area contributed by atoms with Crippen molar-refractivity contribution in [3.05, 3.63) is 70.8 Å². The largest absolute Gasteiger partial charge is 0.395 e. The highest BCUT2D eigenvalue weighted by atomic mass is 16.6. The maximum Gasteiger partial charge on any atom is 0.121 e. The SMILES string of the molecule is NC1CCC(c2ccc3c(c2)CC/C(=N/OCCc2ccccc2)C3)C1. The molecular weight excluding hydrogens is 320 g/mol. The molecule has 0 saturated heterocycles. The van der Waals surface area contributed by atoms with Crippen molar-refractivity contribution >= 4 is 5.71 Å². The highest BCUT2D eigenvalue weighted by Gasteiger charge is 2.24. The van der Waals surface area contributed by atoms with Gasteiger partial charge in [-0.3, -0.25) is 0 Å². The van der Waals surface area contributed by atoms with E-state index in [1.807, 2.05) is 6.07 Å². The minimum Gasteiger partial charge on any atom is -0.395 e. The zero-order valence-corrected chi connectivity index (χ0v) is 15.4. The van der Waals surface area contributed by atoms with E-state index in [2.05, 4.69) is 47.6 Å². The minimum atomic E-state index is 0.391. The van der Waals surface area contributed by atoms with E-state index in [4.69, 9.17) is 10.6 Å².